The highest BCUT2D eigenvalue weighted by Crippen LogP contribution is 2.38. The number of nitrogens with zero attached hydrogens (tertiary/aromatic N) is 2. The van der Waals surface area contributed by atoms with Gasteiger partial charge in [-0.15, -0.1) is 0 Å². The Hall–Kier alpha value is -2.42. The fourth-order valence-electron chi connectivity index (χ4n) is 2.12. The van der Waals surface area contributed by atoms with Gasteiger partial charge in [-0.05, 0) is 36.4 Å². The van der Waals surface area contributed by atoms with E-state index in [0.29, 0.717) is 10.6 Å². The van der Waals surface area contributed by atoms with Crippen molar-refractivity contribution in [1.82, 2.24) is 14.8 Å². The van der Waals surface area contributed by atoms with Gasteiger partial charge in [-0.1, -0.05) is 23.2 Å². The van der Waals surface area contributed by atoms with Gasteiger partial charge in [0.1, 0.15) is 11.9 Å². The van der Waals surface area contributed by atoms with Gasteiger partial charge in [0.05, 0.1) is 15.7 Å². The molecule has 0 aliphatic rings. The maximum absolute atomic E-state index is 11.8. The molecule has 1 heterocycles. The molecule has 0 aliphatic carbocycles. The first-order valence-electron chi connectivity index (χ1n) is 7.14. The topological polar surface area (TPSA) is 94.1 Å². The summed E-state index contributed by atoms with van der Waals surface area (Å²) in [7, 11) is -1.09. The van der Waals surface area contributed by atoms with E-state index < -0.39 is 22.0 Å². The van der Waals surface area contributed by atoms with Crippen molar-refractivity contribution in [3.63, 3.8) is 0 Å². The fourth-order valence-corrected chi connectivity index (χ4v) is 3.19. The van der Waals surface area contributed by atoms with Gasteiger partial charge >= 0.3 is 5.69 Å². The second kappa shape index (κ2) is 7.45. The van der Waals surface area contributed by atoms with Crippen LogP contribution in [0.3, 0.4) is 0 Å². The van der Waals surface area contributed by atoms with E-state index in [-0.39, 0.29) is 21.5 Å². The minimum atomic E-state index is -1.09. The van der Waals surface area contributed by atoms with Crippen LogP contribution in [-0.2, 0) is 10.8 Å². The van der Waals surface area contributed by atoms with Crippen molar-refractivity contribution < 1.29 is 8.95 Å². The van der Waals surface area contributed by atoms with Crippen LogP contribution >= 0.6 is 23.2 Å². The molecule has 2 aromatic carbocycles. The molecule has 0 fully saturated rings. The number of rotatable bonds is 4. The molecule has 7 nitrogen and oxygen atoms in total. The van der Waals surface area contributed by atoms with E-state index in [1.54, 1.807) is 30.5 Å². The van der Waals surface area contributed by atoms with Crippen LogP contribution in [0.1, 0.15) is 0 Å². The lowest BCUT2D eigenvalue weighted by Crippen LogP contribution is -2.30. The van der Waals surface area contributed by atoms with Crippen molar-refractivity contribution in [1.29, 1.82) is 0 Å². The van der Waals surface area contributed by atoms with E-state index in [4.69, 9.17) is 27.9 Å². The lowest BCUT2D eigenvalue weighted by atomic mass is 10.3. The van der Waals surface area contributed by atoms with Crippen molar-refractivity contribution in [2.45, 2.75) is 4.90 Å². The number of halogens is 2. The molecule has 1 atom stereocenters. The van der Waals surface area contributed by atoms with E-state index in [2.05, 4.69) is 10.1 Å². The van der Waals surface area contributed by atoms with Gasteiger partial charge in [-0.25, -0.2) is 4.79 Å². The maximum atomic E-state index is 11.8. The number of nitrogens with one attached hydrogen (secondary N) is 1. The standard InChI is InChI=1S/C16H11Cl2N3O4S/c1-26(24)11-4-2-10(3-5-11)25-15-12(17)6-9(7-13(15)18)21-16(23)20-14(22)8-19-21/h2-8H,1H3,(H,20,22,23). The van der Waals surface area contributed by atoms with Crippen molar-refractivity contribution in [2.24, 2.45) is 0 Å². The zero-order valence-electron chi connectivity index (χ0n) is 13.2. The molecule has 0 saturated heterocycles. The Morgan fingerprint density at radius 3 is 2.27 bits per heavy atom. The van der Waals surface area contributed by atoms with Gasteiger partial charge in [-0.3, -0.25) is 14.0 Å². The van der Waals surface area contributed by atoms with Crippen molar-refractivity contribution in [3.05, 3.63) is 73.5 Å². The van der Waals surface area contributed by atoms with Crippen LogP contribution in [0.2, 0.25) is 10.0 Å². The molecule has 0 amide bonds. The number of aromatic amines is 1. The van der Waals surface area contributed by atoms with Crippen LogP contribution in [0.25, 0.3) is 5.69 Å². The number of hydrogen-bond donors (Lipinski definition) is 1. The quantitative estimate of drug-likeness (QED) is 0.711. The molecule has 3 rings (SSSR count). The van der Waals surface area contributed by atoms with E-state index in [9.17, 15) is 13.8 Å². The Labute approximate surface area is 159 Å². The number of hydrogen-bond acceptors (Lipinski definition) is 5. The zero-order chi connectivity index (χ0) is 18.8. The van der Waals surface area contributed by atoms with Crippen LogP contribution in [0, 0.1) is 0 Å². The number of ether oxygens (including phenoxy) is 1. The average molecular weight is 412 g/mol. The van der Waals surface area contributed by atoms with E-state index in [1.807, 2.05) is 0 Å². The Kier molecular flexibility index (Phi) is 5.26. The average Bonchev–Trinajstić information content (AvgIpc) is 2.58. The molecular formula is C16H11Cl2N3O4S. The highest BCUT2D eigenvalue weighted by Gasteiger charge is 2.13. The second-order valence-corrected chi connectivity index (χ2v) is 7.31. The fraction of sp³-hybridized carbons (Fsp3) is 0.0625. The first kappa shape index (κ1) is 18.4. The van der Waals surface area contributed by atoms with E-state index in [0.717, 1.165) is 10.9 Å². The summed E-state index contributed by atoms with van der Waals surface area (Å²) in [6, 6.07) is 9.50. The summed E-state index contributed by atoms with van der Waals surface area (Å²) in [5.74, 6) is 0.648. The zero-order valence-corrected chi connectivity index (χ0v) is 15.6. The summed E-state index contributed by atoms with van der Waals surface area (Å²) >= 11 is 12.5. The molecule has 1 N–H and O–H groups in total. The van der Waals surface area contributed by atoms with Crippen LogP contribution < -0.4 is 16.0 Å². The van der Waals surface area contributed by atoms with Gasteiger partial charge in [0.25, 0.3) is 5.56 Å². The van der Waals surface area contributed by atoms with Gasteiger partial charge in [-0.2, -0.15) is 9.78 Å². The predicted octanol–water partition coefficient (Wildman–Crippen LogP) is 2.76. The number of H-pyrrole nitrogens is 1. The molecule has 3 aromatic rings. The summed E-state index contributed by atoms with van der Waals surface area (Å²) in [6.45, 7) is 0. The smallest absolute Gasteiger partial charge is 0.349 e. The minimum Gasteiger partial charge on any atom is -0.454 e. The molecule has 0 spiro atoms. The summed E-state index contributed by atoms with van der Waals surface area (Å²) in [6.07, 6.45) is 2.54. The first-order valence-corrected chi connectivity index (χ1v) is 9.46. The Bertz CT molecular complexity index is 1090. The molecule has 0 bridgehead atoms. The molecule has 10 heteroatoms. The normalized spacial score (nSPS) is 12.0. The Morgan fingerprint density at radius 1 is 1.12 bits per heavy atom. The van der Waals surface area contributed by atoms with Crippen molar-refractivity contribution in [3.8, 4) is 17.2 Å². The van der Waals surface area contributed by atoms with Crippen LogP contribution in [-0.4, -0.2) is 25.2 Å². The van der Waals surface area contributed by atoms with Gasteiger partial charge in [0, 0.05) is 22.0 Å². The molecule has 1 aromatic heterocycles. The van der Waals surface area contributed by atoms with E-state index >= 15 is 0 Å². The van der Waals surface area contributed by atoms with Crippen molar-refractivity contribution >= 4 is 34.0 Å². The van der Waals surface area contributed by atoms with E-state index in [1.165, 1.54) is 12.1 Å². The van der Waals surface area contributed by atoms with Crippen LogP contribution in [0.4, 0.5) is 0 Å². The minimum absolute atomic E-state index is 0.149. The Balaban J connectivity index is 1.96. The lowest BCUT2D eigenvalue weighted by Gasteiger charge is -2.12. The third kappa shape index (κ3) is 3.87. The summed E-state index contributed by atoms with van der Waals surface area (Å²) < 4.78 is 18.1. The van der Waals surface area contributed by atoms with Gasteiger partial charge in [0.15, 0.2) is 5.75 Å². The second-order valence-electron chi connectivity index (χ2n) is 5.12. The van der Waals surface area contributed by atoms with Crippen LogP contribution in [0.15, 0.2) is 57.1 Å². The number of benzene rings is 2. The monoisotopic (exact) mass is 411 g/mol. The maximum Gasteiger partial charge on any atom is 0.349 e. The van der Waals surface area contributed by atoms with Gasteiger partial charge in [0.2, 0.25) is 0 Å². The number of aromatic nitrogens is 3. The third-order valence-corrected chi connectivity index (χ3v) is 4.81. The third-order valence-electron chi connectivity index (χ3n) is 3.32. The highest BCUT2D eigenvalue weighted by molar-refractivity contribution is 7.84. The van der Waals surface area contributed by atoms with Crippen molar-refractivity contribution in [2.75, 3.05) is 6.26 Å². The molecule has 26 heavy (non-hydrogen) atoms. The summed E-state index contributed by atoms with van der Waals surface area (Å²) in [4.78, 5) is 25.7. The molecular weight excluding hydrogens is 401 g/mol. The molecule has 0 radical (unpaired) electrons. The van der Waals surface area contributed by atoms with Crippen LogP contribution in [0.5, 0.6) is 11.5 Å². The SMILES string of the molecule is CS(=O)c1ccc(Oc2c(Cl)cc(-n3ncc(=O)[nH]c3=O)cc2Cl)cc1. The molecule has 0 aliphatic heterocycles. The molecule has 1 unspecified atom stereocenters. The summed E-state index contributed by atoms with van der Waals surface area (Å²) in [5.41, 5.74) is -1.06. The highest BCUT2D eigenvalue weighted by atomic mass is 35.5. The predicted molar refractivity (Wildman–Crippen MR) is 99.3 cm³/mol. The molecule has 134 valence electrons. The summed E-state index contributed by atoms with van der Waals surface area (Å²) in [5, 5.41) is 4.04. The lowest BCUT2D eigenvalue weighted by molar-refractivity contribution is 0.482. The largest absolute Gasteiger partial charge is 0.454 e. The first-order chi connectivity index (χ1) is 12.3. The Morgan fingerprint density at radius 2 is 1.73 bits per heavy atom. The molecule has 0 saturated carbocycles. The van der Waals surface area contributed by atoms with Gasteiger partial charge < -0.3 is 4.74 Å².